The third-order valence-corrected chi connectivity index (χ3v) is 3.65. The van der Waals surface area contributed by atoms with Gasteiger partial charge in [0, 0.05) is 40.7 Å². The molecule has 0 bridgehead atoms. The highest BCUT2D eigenvalue weighted by molar-refractivity contribution is 14.0. The Kier molecular flexibility index (Phi) is 11.0. The van der Waals surface area contributed by atoms with E-state index in [2.05, 4.69) is 20.9 Å². The molecule has 0 fully saturated rings. The maximum atomic E-state index is 11.9. The minimum absolute atomic E-state index is 0. The largest absolute Gasteiger partial charge is 0.469 e. The highest BCUT2D eigenvalue weighted by atomic mass is 127. The lowest BCUT2D eigenvalue weighted by Crippen LogP contribution is -2.47. The molecule has 1 heterocycles. The van der Waals surface area contributed by atoms with Gasteiger partial charge in [-0.3, -0.25) is 9.59 Å². The maximum Gasteiger partial charge on any atom is 0.243 e. The summed E-state index contributed by atoms with van der Waals surface area (Å²) in [4.78, 5) is 29.4. The maximum absolute atomic E-state index is 11.9. The number of halogens is 1. The number of furan rings is 1. The van der Waals surface area contributed by atoms with E-state index in [1.165, 1.54) is 4.90 Å². The molecule has 0 unspecified atom stereocenters. The Hall–Kier alpha value is -1.78. The Labute approximate surface area is 172 Å². The van der Waals surface area contributed by atoms with E-state index >= 15 is 0 Å². The van der Waals surface area contributed by atoms with Crippen LogP contribution in [0.1, 0.15) is 19.6 Å². The monoisotopic (exact) mass is 479 g/mol. The van der Waals surface area contributed by atoms with Crippen molar-refractivity contribution < 1.29 is 14.0 Å². The van der Waals surface area contributed by atoms with E-state index in [0.29, 0.717) is 25.5 Å². The first-order valence-corrected chi connectivity index (χ1v) is 8.23. The Morgan fingerprint density at radius 1 is 1.27 bits per heavy atom. The predicted octanol–water partition coefficient (Wildman–Crippen LogP) is 0.836. The third-order valence-electron chi connectivity index (χ3n) is 3.65. The van der Waals surface area contributed by atoms with Crippen LogP contribution in [0.4, 0.5) is 0 Å². The van der Waals surface area contributed by atoms with Crippen LogP contribution in [0.15, 0.2) is 27.8 Å². The van der Waals surface area contributed by atoms with Gasteiger partial charge in [-0.15, -0.1) is 24.0 Å². The van der Waals surface area contributed by atoms with Gasteiger partial charge in [0.1, 0.15) is 12.3 Å². The number of likely N-dealkylation sites (N-methyl/N-ethyl adjacent to an activating group) is 1. The molecule has 3 N–H and O–H groups in total. The van der Waals surface area contributed by atoms with E-state index in [9.17, 15) is 9.59 Å². The van der Waals surface area contributed by atoms with Crippen LogP contribution >= 0.6 is 24.0 Å². The van der Waals surface area contributed by atoms with Gasteiger partial charge in [0.25, 0.3) is 0 Å². The number of carbonyl (C=O) groups is 2. The van der Waals surface area contributed by atoms with E-state index in [-0.39, 0.29) is 42.3 Å². The molecule has 2 amide bonds. The molecule has 0 aliphatic carbocycles. The van der Waals surface area contributed by atoms with E-state index in [0.717, 1.165) is 5.76 Å². The smallest absolute Gasteiger partial charge is 0.243 e. The van der Waals surface area contributed by atoms with Crippen molar-refractivity contribution in [2.45, 2.75) is 20.3 Å². The number of amides is 2. The number of nitrogens with one attached hydrogen (secondary N) is 3. The first-order chi connectivity index (χ1) is 11.8. The fourth-order valence-corrected chi connectivity index (χ4v) is 1.94. The van der Waals surface area contributed by atoms with E-state index < -0.39 is 5.41 Å². The normalized spacial score (nSPS) is 11.3. The molecule has 148 valence electrons. The van der Waals surface area contributed by atoms with Gasteiger partial charge in [0.15, 0.2) is 5.96 Å². The molecule has 8 nitrogen and oxygen atoms in total. The molecule has 0 spiro atoms. The van der Waals surface area contributed by atoms with Crippen LogP contribution in [0.3, 0.4) is 0 Å². The van der Waals surface area contributed by atoms with Crippen LogP contribution in [0.5, 0.6) is 0 Å². The molecular weight excluding hydrogens is 449 g/mol. The van der Waals surface area contributed by atoms with Gasteiger partial charge in [-0.05, 0) is 26.0 Å². The molecule has 1 aromatic heterocycles. The van der Waals surface area contributed by atoms with Crippen LogP contribution in [0.25, 0.3) is 0 Å². The summed E-state index contributed by atoms with van der Waals surface area (Å²) in [5, 5.41) is 8.93. The zero-order chi connectivity index (χ0) is 18.9. The first-order valence-electron chi connectivity index (χ1n) is 8.23. The summed E-state index contributed by atoms with van der Waals surface area (Å²) in [5.74, 6) is 1.18. The summed E-state index contributed by atoms with van der Waals surface area (Å²) >= 11 is 0. The van der Waals surface area contributed by atoms with Crippen LogP contribution in [0, 0.1) is 5.41 Å². The molecule has 0 aliphatic rings. The van der Waals surface area contributed by atoms with Crippen molar-refractivity contribution in [3.63, 3.8) is 0 Å². The summed E-state index contributed by atoms with van der Waals surface area (Å²) in [6.07, 6.45) is 2.32. The van der Waals surface area contributed by atoms with E-state index in [1.807, 2.05) is 26.0 Å². The van der Waals surface area contributed by atoms with Gasteiger partial charge in [0.2, 0.25) is 11.8 Å². The molecule has 0 saturated carbocycles. The van der Waals surface area contributed by atoms with Gasteiger partial charge in [-0.25, -0.2) is 4.99 Å². The van der Waals surface area contributed by atoms with Crippen molar-refractivity contribution in [1.82, 2.24) is 20.9 Å². The quantitative estimate of drug-likeness (QED) is 0.292. The highest BCUT2D eigenvalue weighted by Crippen LogP contribution is 2.12. The van der Waals surface area contributed by atoms with Crippen molar-refractivity contribution in [1.29, 1.82) is 0 Å². The van der Waals surface area contributed by atoms with Gasteiger partial charge >= 0.3 is 0 Å². The second kappa shape index (κ2) is 11.8. The molecule has 0 saturated heterocycles. The molecule has 0 aliphatic heterocycles. The van der Waals surface area contributed by atoms with Crippen molar-refractivity contribution in [3.8, 4) is 0 Å². The Morgan fingerprint density at radius 3 is 2.50 bits per heavy atom. The van der Waals surface area contributed by atoms with Gasteiger partial charge in [-0.2, -0.15) is 0 Å². The molecule has 1 rings (SSSR count). The van der Waals surface area contributed by atoms with Gasteiger partial charge < -0.3 is 25.3 Å². The topological polar surface area (TPSA) is 99.0 Å². The Bertz CT molecular complexity index is 585. The molecule has 0 aromatic carbocycles. The number of hydrogen-bond donors (Lipinski definition) is 3. The van der Waals surface area contributed by atoms with E-state index in [4.69, 9.17) is 4.42 Å². The summed E-state index contributed by atoms with van der Waals surface area (Å²) < 4.78 is 5.29. The minimum atomic E-state index is -0.607. The summed E-state index contributed by atoms with van der Waals surface area (Å²) in [6.45, 7) is 4.68. The van der Waals surface area contributed by atoms with Crippen molar-refractivity contribution in [2.75, 3.05) is 40.8 Å². The molecule has 1 aromatic rings. The first kappa shape index (κ1) is 24.2. The fraction of sp³-hybridized carbons (Fsp3) is 0.588. The standard InChI is InChI=1S/C17H29N5O3.HI/c1-17(2,15(24)18-3)12-21-16(20-11-14(23)22(4)5)19-9-8-13-7-6-10-25-13;/h6-7,10H,8-9,11-12H2,1-5H3,(H,18,24)(H2,19,20,21);1H. The SMILES string of the molecule is CNC(=O)C(C)(C)CNC(=NCC(=O)N(C)C)NCCc1ccco1.I. The zero-order valence-corrected chi connectivity index (χ0v) is 18.4. The average molecular weight is 479 g/mol. The molecular formula is C17H30IN5O3. The molecule has 0 atom stereocenters. The fourth-order valence-electron chi connectivity index (χ4n) is 1.94. The average Bonchev–Trinajstić information content (AvgIpc) is 3.08. The highest BCUT2D eigenvalue weighted by Gasteiger charge is 2.26. The number of rotatable bonds is 8. The summed E-state index contributed by atoms with van der Waals surface area (Å²) in [5.41, 5.74) is -0.607. The number of carbonyl (C=O) groups excluding carboxylic acids is 2. The number of nitrogens with zero attached hydrogens (tertiary/aromatic N) is 2. The number of aliphatic imine (C=N–C) groups is 1. The van der Waals surface area contributed by atoms with Crippen LogP contribution in [-0.2, 0) is 16.0 Å². The number of hydrogen-bond acceptors (Lipinski definition) is 4. The van der Waals surface area contributed by atoms with Crippen molar-refractivity contribution >= 4 is 41.8 Å². The molecule has 0 radical (unpaired) electrons. The minimum Gasteiger partial charge on any atom is -0.469 e. The van der Waals surface area contributed by atoms with Crippen molar-refractivity contribution in [2.24, 2.45) is 10.4 Å². The lowest BCUT2D eigenvalue weighted by molar-refractivity contribution is -0.128. The lowest BCUT2D eigenvalue weighted by Gasteiger charge is -2.24. The Balaban J connectivity index is 0.00000625. The van der Waals surface area contributed by atoms with Crippen molar-refractivity contribution in [3.05, 3.63) is 24.2 Å². The zero-order valence-electron chi connectivity index (χ0n) is 16.1. The lowest BCUT2D eigenvalue weighted by atomic mass is 9.92. The third kappa shape index (κ3) is 8.54. The summed E-state index contributed by atoms with van der Waals surface area (Å²) in [6, 6.07) is 3.74. The predicted molar refractivity (Wildman–Crippen MR) is 113 cm³/mol. The van der Waals surface area contributed by atoms with E-state index in [1.54, 1.807) is 27.4 Å². The second-order valence-corrected chi connectivity index (χ2v) is 6.53. The Morgan fingerprint density at radius 2 is 1.96 bits per heavy atom. The summed E-state index contributed by atoms with van der Waals surface area (Å²) in [7, 11) is 4.98. The van der Waals surface area contributed by atoms with Crippen LogP contribution in [-0.4, -0.2) is 63.5 Å². The number of guanidine groups is 1. The van der Waals surface area contributed by atoms with Crippen LogP contribution in [0.2, 0.25) is 0 Å². The van der Waals surface area contributed by atoms with Gasteiger partial charge in [-0.1, -0.05) is 0 Å². The second-order valence-electron chi connectivity index (χ2n) is 6.53. The van der Waals surface area contributed by atoms with Gasteiger partial charge in [0.05, 0.1) is 11.7 Å². The van der Waals surface area contributed by atoms with Crippen LogP contribution < -0.4 is 16.0 Å². The molecule has 9 heteroatoms. The molecule has 26 heavy (non-hydrogen) atoms.